The zero-order valence-corrected chi connectivity index (χ0v) is 14.0. The molecule has 1 N–H and O–H groups in total. The van der Waals surface area contributed by atoms with Crippen LogP contribution in [0.5, 0.6) is 0 Å². The third-order valence-corrected chi connectivity index (χ3v) is 4.62. The molecule has 5 heteroatoms. The van der Waals surface area contributed by atoms with E-state index in [1.807, 2.05) is 61.5 Å². The number of para-hydroxylation sites is 1. The van der Waals surface area contributed by atoms with E-state index in [9.17, 15) is 4.79 Å². The number of nitrogens with one attached hydrogen (secondary N) is 1. The molecule has 4 rings (SSSR count). The van der Waals surface area contributed by atoms with Crippen molar-refractivity contribution in [3.8, 4) is 5.69 Å². The fourth-order valence-corrected chi connectivity index (χ4v) is 3.30. The Balaban J connectivity index is 1.86. The Bertz CT molecular complexity index is 885. The smallest absolute Gasteiger partial charge is 0.271 e. The molecule has 23 heavy (non-hydrogen) atoms. The normalized spacial score (nSPS) is 16.3. The summed E-state index contributed by atoms with van der Waals surface area (Å²) in [6.45, 7) is 1.95. The van der Waals surface area contributed by atoms with E-state index in [0.29, 0.717) is 5.69 Å². The molecule has 0 saturated carbocycles. The number of aryl methyl sites for hydroxylation is 1. The summed E-state index contributed by atoms with van der Waals surface area (Å²) in [5.74, 6) is -0.0858. The number of aromatic nitrogens is 2. The van der Waals surface area contributed by atoms with Crippen molar-refractivity contribution in [2.45, 2.75) is 13.0 Å². The SMILES string of the molecule is Cc1nn(-c2ccccc2)c2c1C(c1ccc(Br)cc1)NC2=O. The lowest BCUT2D eigenvalue weighted by molar-refractivity contribution is 0.0953. The number of nitrogens with zero attached hydrogens (tertiary/aromatic N) is 2. The van der Waals surface area contributed by atoms with Gasteiger partial charge in [-0.2, -0.15) is 5.10 Å². The van der Waals surface area contributed by atoms with E-state index in [1.54, 1.807) is 4.68 Å². The molecule has 0 bridgehead atoms. The van der Waals surface area contributed by atoms with Crippen molar-refractivity contribution in [2.24, 2.45) is 0 Å². The number of carbonyl (C=O) groups excluding carboxylic acids is 1. The molecule has 1 aromatic heterocycles. The Morgan fingerprint density at radius 2 is 1.78 bits per heavy atom. The molecule has 2 heterocycles. The molecule has 1 aliphatic rings. The van der Waals surface area contributed by atoms with E-state index >= 15 is 0 Å². The average Bonchev–Trinajstić information content (AvgIpc) is 3.09. The van der Waals surface area contributed by atoms with Gasteiger partial charge in [-0.15, -0.1) is 0 Å². The summed E-state index contributed by atoms with van der Waals surface area (Å²) < 4.78 is 2.75. The average molecular weight is 368 g/mol. The van der Waals surface area contributed by atoms with Crippen LogP contribution in [0.3, 0.4) is 0 Å². The molecule has 1 aliphatic heterocycles. The molecule has 2 aromatic carbocycles. The van der Waals surface area contributed by atoms with E-state index in [2.05, 4.69) is 26.3 Å². The Morgan fingerprint density at radius 1 is 1.09 bits per heavy atom. The van der Waals surface area contributed by atoms with Gasteiger partial charge >= 0.3 is 0 Å². The number of halogens is 1. The third kappa shape index (κ3) is 2.28. The highest BCUT2D eigenvalue weighted by Gasteiger charge is 2.36. The molecule has 1 amide bonds. The number of hydrogen-bond donors (Lipinski definition) is 1. The molecule has 1 atom stereocenters. The molecule has 0 spiro atoms. The molecule has 0 fully saturated rings. The van der Waals surface area contributed by atoms with Crippen LogP contribution in [0, 0.1) is 6.92 Å². The first kappa shape index (κ1) is 14.2. The van der Waals surface area contributed by atoms with Gasteiger partial charge in [-0.05, 0) is 36.8 Å². The lowest BCUT2D eigenvalue weighted by Crippen LogP contribution is -2.22. The number of hydrogen-bond acceptors (Lipinski definition) is 2. The van der Waals surface area contributed by atoms with Crippen LogP contribution in [0.15, 0.2) is 59.1 Å². The van der Waals surface area contributed by atoms with Gasteiger partial charge < -0.3 is 5.32 Å². The summed E-state index contributed by atoms with van der Waals surface area (Å²) >= 11 is 3.44. The van der Waals surface area contributed by atoms with Crippen LogP contribution in [0.25, 0.3) is 5.69 Å². The largest absolute Gasteiger partial charge is 0.340 e. The van der Waals surface area contributed by atoms with Crippen molar-refractivity contribution >= 4 is 21.8 Å². The van der Waals surface area contributed by atoms with Crippen LogP contribution in [0.4, 0.5) is 0 Å². The minimum Gasteiger partial charge on any atom is -0.340 e. The highest BCUT2D eigenvalue weighted by atomic mass is 79.9. The van der Waals surface area contributed by atoms with Crippen molar-refractivity contribution in [3.05, 3.63) is 81.6 Å². The van der Waals surface area contributed by atoms with Crippen molar-refractivity contribution in [2.75, 3.05) is 0 Å². The summed E-state index contributed by atoms with van der Waals surface area (Å²) in [5, 5.41) is 7.66. The van der Waals surface area contributed by atoms with E-state index < -0.39 is 0 Å². The molecule has 114 valence electrons. The second-order valence-corrected chi connectivity index (χ2v) is 6.47. The van der Waals surface area contributed by atoms with Crippen LogP contribution in [-0.2, 0) is 0 Å². The molecule has 0 aliphatic carbocycles. The van der Waals surface area contributed by atoms with E-state index in [0.717, 1.165) is 27.0 Å². The van der Waals surface area contributed by atoms with E-state index in [4.69, 9.17) is 0 Å². The monoisotopic (exact) mass is 367 g/mol. The van der Waals surface area contributed by atoms with Crippen molar-refractivity contribution in [3.63, 3.8) is 0 Å². The quantitative estimate of drug-likeness (QED) is 0.749. The summed E-state index contributed by atoms with van der Waals surface area (Å²) in [4.78, 5) is 12.5. The Morgan fingerprint density at radius 3 is 2.48 bits per heavy atom. The van der Waals surface area contributed by atoms with Gasteiger partial charge in [-0.3, -0.25) is 4.79 Å². The summed E-state index contributed by atoms with van der Waals surface area (Å²) in [6.07, 6.45) is 0. The molecule has 3 aromatic rings. The molecule has 0 saturated heterocycles. The first-order chi connectivity index (χ1) is 11.1. The predicted molar refractivity (Wildman–Crippen MR) is 91.8 cm³/mol. The lowest BCUT2D eigenvalue weighted by Gasteiger charge is -2.12. The Hall–Kier alpha value is -2.40. The molecule has 1 unspecified atom stereocenters. The Labute approximate surface area is 142 Å². The lowest BCUT2D eigenvalue weighted by atomic mass is 10.0. The Kier molecular flexibility index (Phi) is 3.31. The summed E-state index contributed by atoms with van der Waals surface area (Å²) in [5.41, 5.74) is 4.40. The van der Waals surface area contributed by atoms with Crippen LogP contribution in [-0.4, -0.2) is 15.7 Å². The van der Waals surface area contributed by atoms with Gasteiger partial charge in [0.25, 0.3) is 5.91 Å². The fourth-order valence-electron chi connectivity index (χ4n) is 3.04. The maximum Gasteiger partial charge on any atom is 0.271 e. The van der Waals surface area contributed by atoms with Gasteiger partial charge in [-0.25, -0.2) is 4.68 Å². The van der Waals surface area contributed by atoms with Gasteiger partial charge in [0.1, 0.15) is 5.69 Å². The minimum absolute atomic E-state index is 0.0858. The van der Waals surface area contributed by atoms with Crippen LogP contribution in [0.1, 0.15) is 33.4 Å². The molecular formula is C18H14BrN3O. The second kappa shape index (κ2) is 5.35. The summed E-state index contributed by atoms with van der Waals surface area (Å²) in [7, 11) is 0. The standard InChI is InChI=1S/C18H14BrN3O/c1-11-15-16(12-7-9-13(19)10-8-12)20-18(23)17(15)22(21-11)14-5-3-2-4-6-14/h2-10,16H,1H3,(H,20,23). The van der Waals surface area contributed by atoms with E-state index in [-0.39, 0.29) is 11.9 Å². The van der Waals surface area contributed by atoms with Gasteiger partial charge in [0.05, 0.1) is 17.4 Å². The van der Waals surface area contributed by atoms with Crippen molar-refractivity contribution in [1.29, 1.82) is 0 Å². The number of fused-ring (bicyclic) bond motifs is 1. The van der Waals surface area contributed by atoms with Crippen LogP contribution >= 0.6 is 15.9 Å². The fraction of sp³-hybridized carbons (Fsp3) is 0.111. The van der Waals surface area contributed by atoms with Crippen LogP contribution in [0.2, 0.25) is 0 Å². The second-order valence-electron chi connectivity index (χ2n) is 5.55. The third-order valence-electron chi connectivity index (χ3n) is 4.09. The minimum atomic E-state index is -0.150. The number of amides is 1. The van der Waals surface area contributed by atoms with Gasteiger partial charge in [0.2, 0.25) is 0 Å². The zero-order valence-electron chi connectivity index (χ0n) is 12.5. The summed E-state index contributed by atoms with van der Waals surface area (Å²) in [6, 6.07) is 17.6. The van der Waals surface area contributed by atoms with Crippen LogP contribution < -0.4 is 5.32 Å². The molecular weight excluding hydrogens is 354 g/mol. The molecule has 4 nitrogen and oxygen atoms in total. The topological polar surface area (TPSA) is 46.9 Å². The number of rotatable bonds is 2. The number of carbonyl (C=O) groups is 1. The van der Waals surface area contributed by atoms with Gasteiger partial charge in [0, 0.05) is 10.0 Å². The van der Waals surface area contributed by atoms with E-state index in [1.165, 1.54) is 0 Å². The first-order valence-corrected chi connectivity index (χ1v) is 8.16. The maximum atomic E-state index is 12.5. The predicted octanol–water partition coefficient (Wildman–Crippen LogP) is 3.78. The molecule has 0 radical (unpaired) electrons. The first-order valence-electron chi connectivity index (χ1n) is 7.36. The highest BCUT2D eigenvalue weighted by Crippen LogP contribution is 2.34. The maximum absolute atomic E-state index is 12.5. The van der Waals surface area contributed by atoms with Crippen molar-refractivity contribution < 1.29 is 4.79 Å². The van der Waals surface area contributed by atoms with Crippen molar-refractivity contribution in [1.82, 2.24) is 15.1 Å². The highest BCUT2D eigenvalue weighted by molar-refractivity contribution is 9.10. The van der Waals surface area contributed by atoms with Gasteiger partial charge in [-0.1, -0.05) is 46.3 Å². The number of benzene rings is 2. The van der Waals surface area contributed by atoms with Gasteiger partial charge in [0.15, 0.2) is 0 Å². The zero-order chi connectivity index (χ0) is 16.0.